The number of nitrogens with two attached hydrogens (primary N) is 1. The van der Waals surface area contributed by atoms with Crippen LogP contribution in [0.25, 0.3) is 0 Å². The molecule has 2 rings (SSSR count). The minimum Gasteiger partial charge on any atom is -0.382 e. The van der Waals surface area contributed by atoms with Crippen LogP contribution in [0.15, 0.2) is 40.2 Å². The Kier molecular flexibility index (Phi) is 6.39. The monoisotopic (exact) mass is 307 g/mol. The Balaban J connectivity index is 1.70. The van der Waals surface area contributed by atoms with Crippen molar-refractivity contribution in [1.82, 2.24) is 5.32 Å². The summed E-state index contributed by atoms with van der Waals surface area (Å²) in [6.07, 6.45) is 3.38. The SMILES string of the molecule is CCOCCCNC(N)=NCC1(Sc2ccccc2)CC1. The van der Waals surface area contributed by atoms with Crippen molar-refractivity contribution in [2.24, 2.45) is 10.7 Å². The van der Waals surface area contributed by atoms with Gasteiger partial charge in [-0.25, -0.2) is 0 Å². The van der Waals surface area contributed by atoms with Crippen molar-refractivity contribution < 1.29 is 4.74 Å². The van der Waals surface area contributed by atoms with Gasteiger partial charge in [-0.1, -0.05) is 18.2 Å². The van der Waals surface area contributed by atoms with E-state index in [4.69, 9.17) is 10.5 Å². The number of nitrogens with zero attached hydrogens (tertiary/aromatic N) is 1. The van der Waals surface area contributed by atoms with E-state index in [1.807, 2.05) is 24.8 Å². The number of aliphatic imine (C=N–C) groups is 1. The second-order valence-electron chi connectivity index (χ2n) is 5.28. The number of thioether (sulfide) groups is 1. The molecule has 1 aromatic rings. The predicted molar refractivity (Wildman–Crippen MR) is 89.9 cm³/mol. The summed E-state index contributed by atoms with van der Waals surface area (Å²) in [6.45, 7) is 5.14. The number of guanidine groups is 1. The third kappa shape index (κ3) is 5.98. The predicted octanol–water partition coefficient (Wildman–Crippen LogP) is 2.64. The zero-order valence-electron chi connectivity index (χ0n) is 12.7. The van der Waals surface area contributed by atoms with Gasteiger partial charge < -0.3 is 15.8 Å². The van der Waals surface area contributed by atoms with E-state index < -0.39 is 0 Å². The summed E-state index contributed by atoms with van der Waals surface area (Å²) < 4.78 is 5.54. The largest absolute Gasteiger partial charge is 0.382 e. The molecule has 0 spiro atoms. The van der Waals surface area contributed by atoms with Crippen molar-refractivity contribution in [2.45, 2.75) is 35.8 Å². The Hall–Kier alpha value is -1.20. The molecule has 1 fully saturated rings. The van der Waals surface area contributed by atoms with Crippen LogP contribution in [0.3, 0.4) is 0 Å². The average Bonchev–Trinajstić information content (AvgIpc) is 3.26. The summed E-state index contributed by atoms with van der Waals surface area (Å²) in [5.74, 6) is 0.548. The molecule has 0 heterocycles. The summed E-state index contributed by atoms with van der Waals surface area (Å²) in [5, 5.41) is 3.14. The molecule has 1 aliphatic rings. The Morgan fingerprint density at radius 3 is 2.81 bits per heavy atom. The van der Waals surface area contributed by atoms with Crippen LogP contribution < -0.4 is 11.1 Å². The van der Waals surface area contributed by atoms with E-state index in [0.717, 1.165) is 32.7 Å². The number of ether oxygens (including phenoxy) is 1. The van der Waals surface area contributed by atoms with E-state index in [1.165, 1.54) is 17.7 Å². The third-order valence-electron chi connectivity index (χ3n) is 3.40. The van der Waals surface area contributed by atoms with Gasteiger partial charge in [0.1, 0.15) is 0 Å². The smallest absolute Gasteiger partial charge is 0.188 e. The van der Waals surface area contributed by atoms with Crippen molar-refractivity contribution in [3.8, 4) is 0 Å². The zero-order valence-corrected chi connectivity index (χ0v) is 13.5. The van der Waals surface area contributed by atoms with E-state index >= 15 is 0 Å². The lowest BCUT2D eigenvalue weighted by Crippen LogP contribution is -2.33. The molecule has 1 saturated carbocycles. The first-order chi connectivity index (χ1) is 10.2. The summed E-state index contributed by atoms with van der Waals surface area (Å²) in [7, 11) is 0. The number of nitrogens with one attached hydrogen (secondary N) is 1. The molecule has 0 unspecified atom stereocenters. The van der Waals surface area contributed by atoms with Crippen LogP contribution in [-0.2, 0) is 4.74 Å². The lowest BCUT2D eigenvalue weighted by atomic mass is 10.4. The number of hydrogen-bond donors (Lipinski definition) is 2. The quantitative estimate of drug-likeness (QED) is 0.418. The molecule has 4 nitrogen and oxygen atoms in total. The maximum absolute atomic E-state index is 5.91. The van der Waals surface area contributed by atoms with E-state index in [2.05, 4.69) is 34.6 Å². The highest BCUT2D eigenvalue weighted by Crippen LogP contribution is 2.51. The first-order valence-electron chi connectivity index (χ1n) is 7.60. The molecule has 0 atom stereocenters. The number of rotatable bonds is 9. The third-order valence-corrected chi connectivity index (χ3v) is 4.88. The Morgan fingerprint density at radius 2 is 2.14 bits per heavy atom. The summed E-state index contributed by atoms with van der Waals surface area (Å²) >= 11 is 1.92. The second kappa shape index (κ2) is 8.29. The average molecular weight is 307 g/mol. The van der Waals surface area contributed by atoms with Gasteiger partial charge in [0.25, 0.3) is 0 Å². The number of benzene rings is 1. The van der Waals surface area contributed by atoms with Gasteiger partial charge in [-0.3, -0.25) is 4.99 Å². The summed E-state index contributed by atoms with van der Waals surface area (Å²) in [4.78, 5) is 5.81. The fraction of sp³-hybridized carbons (Fsp3) is 0.562. The minimum absolute atomic E-state index is 0.263. The van der Waals surface area contributed by atoms with Crippen LogP contribution in [0.4, 0.5) is 0 Å². The van der Waals surface area contributed by atoms with Crippen LogP contribution in [0.5, 0.6) is 0 Å². The van der Waals surface area contributed by atoms with E-state index in [-0.39, 0.29) is 4.75 Å². The van der Waals surface area contributed by atoms with Crippen LogP contribution in [0.2, 0.25) is 0 Å². The molecule has 0 radical (unpaired) electrons. The minimum atomic E-state index is 0.263. The lowest BCUT2D eigenvalue weighted by molar-refractivity contribution is 0.145. The fourth-order valence-electron chi connectivity index (χ4n) is 1.99. The van der Waals surface area contributed by atoms with Crippen LogP contribution in [0, 0.1) is 0 Å². The van der Waals surface area contributed by atoms with Gasteiger partial charge in [-0.2, -0.15) is 0 Å². The van der Waals surface area contributed by atoms with Crippen molar-refractivity contribution in [3.05, 3.63) is 30.3 Å². The first-order valence-corrected chi connectivity index (χ1v) is 8.41. The Labute approximate surface area is 131 Å². The van der Waals surface area contributed by atoms with Gasteiger partial charge in [0.05, 0.1) is 6.54 Å². The molecule has 1 aromatic carbocycles. The molecule has 0 aliphatic heterocycles. The molecular formula is C16H25N3OS. The molecule has 5 heteroatoms. The molecule has 3 N–H and O–H groups in total. The highest BCUT2D eigenvalue weighted by molar-refractivity contribution is 8.01. The van der Waals surface area contributed by atoms with Crippen molar-refractivity contribution in [2.75, 3.05) is 26.3 Å². The fourth-order valence-corrected chi connectivity index (χ4v) is 3.22. The van der Waals surface area contributed by atoms with Crippen LogP contribution in [0.1, 0.15) is 26.2 Å². The van der Waals surface area contributed by atoms with Crippen molar-refractivity contribution in [1.29, 1.82) is 0 Å². The maximum Gasteiger partial charge on any atom is 0.188 e. The highest BCUT2D eigenvalue weighted by atomic mass is 32.2. The highest BCUT2D eigenvalue weighted by Gasteiger charge is 2.43. The van der Waals surface area contributed by atoms with Gasteiger partial charge in [-0.15, -0.1) is 11.8 Å². The van der Waals surface area contributed by atoms with Gasteiger partial charge in [0.15, 0.2) is 5.96 Å². The zero-order chi connectivity index (χ0) is 15.0. The van der Waals surface area contributed by atoms with Gasteiger partial charge in [0.2, 0.25) is 0 Å². The Bertz CT molecular complexity index is 446. The summed E-state index contributed by atoms with van der Waals surface area (Å²) in [6, 6.07) is 10.5. The van der Waals surface area contributed by atoms with E-state index in [9.17, 15) is 0 Å². The van der Waals surface area contributed by atoms with Crippen molar-refractivity contribution in [3.63, 3.8) is 0 Å². The normalized spacial score (nSPS) is 16.7. The standard InChI is InChI=1S/C16H25N3OS/c1-2-20-12-6-11-18-15(17)19-13-16(9-10-16)21-14-7-4-3-5-8-14/h3-5,7-8H,2,6,9-13H2,1H3,(H3,17,18,19). The molecule has 0 bridgehead atoms. The lowest BCUT2D eigenvalue weighted by Gasteiger charge is -2.13. The van der Waals surface area contributed by atoms with E-state index in [0.29, 0.717) is 5.96 Å². The van der Waals surface area contributed by atoms with Gasteiger partial charge in [0, 0.05) is 29.4 Å². The second-order valence-corrected chi connectivity index (χ2v) is 6.82. The Morgan fingerprint density at radius 1 is 1.38 bits per heavy atom. The topological polar surface area (TPSA) is 59.6 Å². The molecule has 21 heavy (non-hydrogen) atoms. The first kappa shape index (κ1) is 16.2. The van der Waals surface area contributed by atoms with Crippen LogP contribution in [-0.4, -0.2) is 37.0 Å². The molecule has 0 amide bonds. The summed E-state index contributed by atoms with van der Waals surface area (Å²) in [5.41, 5.74) is 5.91. The molecule has 116 valence electrons. The molecular weight excluding hydrogens is 282 g/mol. The van der Waals surface area contributed by atoms with E-state index in [1.54, 1.807) is 0 Å². The molecule has 0 saturated heterocycles. The van der Waals surface area contributed by atoms with Crippen LogP contribution >= 0.6 is 11.8 Å². The number of hydrogen-bond acceptors (Lipinski definition) is 3. The molecule has 1 aliphatic carbocycles. The molecule has 0 aromatic heterocycles. The van der Waals surface area contributed by atoms with Gasteiger partial charge in [-0.05, 0) is 38.3 Å². The van der Waals surface area contributed by atoms with Gasteiger partial charge >= 0.3 is 0 Å². The van der Waals surface area contributed by atoms with Crippen molar-refractivity contribution >= 4 is 17.7 Å². The maximum atomic E-state index is 5.91.